The van der Waals surface area contributed by atoms with E-state index in [1.165, 1.54) is 5.56 Å². The van der Waals surface area contributed by atoms with Gasteiger partial charge in [0.05, 0.1) is 28.6 Å². The molecule has 5 nitrogen and oxygen atoms in total. The molecule has 7 heteroatoms. The Kier molecular flexibility index (Phi) is 6.81. The number of nitrogens with one attached hydrogen (secondary N) is 2. The van der Waals surface area contributed by atoms with Crippen molar-refractivity contribution in [3.63, 3.8) is 0 Å². The van der Waals surface area contributed by atoms with E-state index in [-0.39, 0.29) is 6.03 Å². The first-order valence-electron chi connectivity index (χ1n) is 11.6. The van der Waals surface area contributed by atoms with Crippen molar-refractivity contribution in [1.29, 1.82) is 0 Å². The fourth-order valence-corrected chi connectivity index (χ4v) is 5.12. The largest absolute Gasteiger partial charge is 0.323 e. The second-order valence-corrected chi connectivity index (χ2v) is 10.0. The molecule has 0 fully saturated rings. The van der Waals surface area contributed by atoms with Crippen molar-refractivity contribution >= 4 is 62.6 Å². The average Bonchev–Trinajstić information content (AvgIpc) is 2.89. The lowest BCUT2D eigenvalue weighted by Gasteiger charge is -2.18. The molecule has 0 aliphatic rings. The first-order valence-corrected chi connectivity index (χ1v) is 13.2. The molecule has 2 amide bonds. The molecule has 5 aromatic rings. The number of halogens is 1. The highest BCUT2D eigenvalue weighted by molar-refractivity contribution is 7.98. The van der Waals surface area contributed by atoms with Gasteiger partial charge in [0.25, 0.3) is 0 Å². The summed E-state index contributed by atoms with van der Waals surface area (Å²) in [6, 6.07) is 21.3. The van der Waals surface area contributed by atoms with Crippen LogP contribution in [0.25, 0.3) is 32.9 Å². The number of anilines is 2. The van der Waals surface area contributed by atoms with Gasteiger partial charge in [0, 0.05) is 38.0 Å². The number of urea groups is 1. The predicted molar refractivity (Wildman–Crippen MR) is 152 cm³/mol. The molecule has 0 aliphatic heterocycles. The van der Waals surface area contributed by atoms with Crippen LogP contribution in [-0.4, -0.2) is 22.3 Å². The van der Waals surface area contributed by atoms with Crippen molar-refractivity contribution in [3.05, 3.63) is 89.7 Å². The Hall–Kier alpha value is -3.61. The van der Waals surface area contributed by atoms with Crippen LogP contribution in [0.1, 0.15) is 25.3 Å². The van der Waals surface area contributed by atoms with Gasteiger partial charge < -0.3 is 10.6 Å². The molecule has 2 N–H and O–H groups in total. The molecule has 2 heterocycles. The Bertz CT molecular complexity index is 1600. The van der Waals surface area contributed by atoms with Crippen LogP contribution in [0.15, 0.2) is 84.0 Å². The summed E-state index contributed by atoms with van der Waals surface area (Å²) in [6.45, 7) is 4.31. The lowest BCUT2D eigenvalue weighted by molar-refractivity contribution is 0.262. The summed E-state index contributed by atoms with van der Waals surface area (Å²) in [5.41, 5.74) is 5.82. The molecule has 0 saturated heterocycles. The van der Waals surface area contributed by atoms with Crippen molar-refractivity contribution in [1.82, 2.24) is 9.97 Å². The van der Waals surface area contributed by atoms with E-state index in [0.29, 0.717) is 16.6 Å². The fraction of sp³-hybridized carbons (Fsp3) is 0.138. The summed E-state index contributed by atoms with van der Waals surface area (Å²) in [5, 5.41) is 8.51. The van der Waals surface area contributed by atoms with E-state index in [1.807, 2.05) is 60.9 Å². The maximum absolute atomic E-state index is 13.4. The van der Waals surface area contributed by atoms with Crippen molar-refractivity contribution < 1.29 is 4.79 Å². The summed E-state index contributed by atoms with van der Waals surface area (Å²) in [4.78, 5) is 23.4. The Morgan fingerprint density at radius 2 is 1.69 bits per heavy atom. The summed E-state index contributed by atoms with van der Waals surface area (Å²) in [5.74, 6) is 0.346. The number of thioether (sulfide) groups is 1. The number of benzene rings is 3. The van der Waals surface area contributed by atoms with Crippen LogP contribution < -0.4 is 10.6 Å². The minimum absolute atomic E-state index is 0.346. The third-order valence-electron chi connectivity index (χ3n) is 6.16. The minimum Gasteiger partial charge on any atom is -0.306 e. The normalized spacial score (nSPS) is 11.2. The monoisotopic (exact) mass is 512 g/mol. The zero-order valence-electron chi connectivity index (χ0n) is 20.2. The lowest BCUT2D eigenvalue weighted by Crippen LogP contribution is -2.20. The molecule has 36 heavy (non-hydrogen) atoms. The van der Waals surface area contributed by atoms with E-state index < -0.39 is 0 Å². The topological polar surface area (TPSA) is 66.9 Å². The smallest absolute Gasteiger partial charge is 0.306 e. The Morgan fingerprint density at radius 3 is 2.47 bits per heavy atom. The van der Waals surface area contributed by atoms with Crippen LogP contribution in [0.3, 0.4) is 0 Å². The van der Waals surface area contributed by atoms with Gasteiger partial charge in [-0.1, -0.05) is 49.7 Å². The summed E-state index contributed by atoms with van der Waals surface area (Å²) in [7, 11) is 0. The summed E-state index contributed by atoms with van der Waals surface area (Å²) in [6.07, 6.45) is 5.42. The number of carbonyl (C=O) groups is 1. The van der Waals surface area contributed by atoms with E-state index in [2.05, 4.69) is 46.6 Å². The molecule has 0 radical (unpaired) electrons. The molecule has 0 aliphatic carbocycles. The van der Waals surface area contributed by atoms with Crippen molar-refractivity contribution in [2.75, 3.05) is 16.9 Å². The molecule has 0 spiro atoms. The zero-order valence-corrected chi connectivity index (χ0v) is 21.7. The fourth-order valence-electron chi connectivity index (χ4n) is 4.32. The van der Waals surface area contributed by atoms with E-state index in [4.69, 9.17) is 11.6 Å². The van der Waals surface area contributed by atoms with Crippen molar-refractivity contribution in [2.45, 2.75) is 24.7 Å². The zero-order chi connectivity index (χ0) is 25.2. The Morgan fingerprint density at radius 1 is 0.917 bits per heavy atom. The van der Waals surface area contributed by atoms with Gasteiger partial charge in [-0.3, -0.25) is 9.97 Å². The van der Waals surface area contributed by atoms with Crippen LogP contribution in [0, 0.1) is 0 Å². The summed E-state index contributed by atoms with van der Waals surface area (Å²) < 4.78 is 0. The van der Waals surface area contributed by atoms with Gasteiger partial charge in [-0.25, -0.2) is 4.79 Å². The van der Waals surface area contributed by atoms with Crippen molar-refractivity contribution in [3.8, 4) is 11.1 Å². The highest BCUT2D eigenvalue weighted by Crippen LogP contribution is 2.39. The number of fused-ring (bicyclic) bond motifs is 2. The molecule has 0 bridgehead atoms. The minimum atomic E-state index is -0.365. The second-order valence-electron chi connectivity index (χ2n) is 8.75. The van der Waals surface area contributed by atoms with Crippen molar-refractivity contribution in [2.24, 2.45) is 0 Å². The van der Waals surface area contributed by atoms with Crippen LogP contribution in [0.4, 0.5) is 16.2 Å². The first kappa shape index (κ1) is 24.1. The number of rotatable bonds is 5. The molecular formula is C29H25ClN4OS. The van der Waals surface area contributed by atoms with Gasteiger partial charge in [0.15, 0.2) is 0 Å². The first-order chi connectivity index (χ1) is 17.5. The van der Waals surface area contributed by atoms with E-state index in [0.717, 1.165) is 43.5 Å². The third-order valence-corrected chi connectivity index (χ3v) is 7.26. The quantitative estimate of drug-likeness (QED) is 0.231. The van der Waals surface area contributed by atoms with Gasteiger partial charge in [-0.15, -0.1) is 11.8 Å². The van der Waals surface area contributed by atoms with Gasteiger partial charge in [0.1, 0.15) is 0 Å². The number of hydrogen-bond acceptors (Lipinski definition) is 4. The molecular weight excluding hydrogens is 488 g/mol. The molecule has 2 aromatic heterocycles. The number of aromatic nitrogens is 2. The maximum atomic E-state index is 13.4. The van der Waals surface area contributed by atoms with Crippen LogP contribution in [0.5, 0.6) is 0 Å². The molecule has 5 rings (SSSR count). The molecule has 0 atom stereocenters. The number of hydrogen-bond donors (Lipinski definition) is 2. The standard InChI is InChI=1S/C29H25ClN4OS/c1-17(2)18-10-11-24-21(15-18)27(19-7-4-5-9-22(19)30)25(16-32-24)33-29(35)34-28-20-8-6-14-31-23(20)12-13-26(28)36-3/h4-17H,1-3H3,(H2,33,34,35). The lowest BCUT2D eigenvalue weighted by atomic mass is 9.95. The second kappa shape index (κ2) is 10.2. The van der Waals surface area contributed by atoms with E-state index >= 15 is 0 Å². The SMILES string of the molecule is CSc1ccc2ncccc2c1NC(=O)Nc1cnc2ccc(C(C)C)cc2c1-c1ccccc1Cl. The molecule has 3 aromatic carbocycles. The molecule has 180 valence electrons. The van der Waals surface area contributed by atoms with E-state index in [9.17, 15) is 4.79 Å². The summed E-state index contributed by atoms with van der Waals surface area (Å²) >= 11 is 8.21. The van der Waals surface area contributed by atoms with E-state index in [1.54, 1.807) is 24.2 Å². The number of carbonyl (C=O) groups excluding carboxylic acids is 1. The maximum Gasteiger partial charge on any atom is 0.323 e. The predicted octanol–water partition coefficient (Wildman–Crippen LogP) is 8.59. The highest BCUT2D eigenvalue weighted by atomic mass is 35.5. The van der Waals surface area contributed by atoms with Crippen LogP contribution in [-0.2, 0) is 0 Å². The average molecular weight is 513 g/mol. The molecule has 0 unspecified atom stereocenters. The van der Waals surface area contributed by atoms with Gasteiger partial charge in [-0.2, -0.15) is 0 Å². The van der Waals surface area contributed by atoms with Crippen LogP contribution >= 0.6 is 23.4 Å². The molecule has 0 saturated carbocycles. The Balaban J connectivity index is 1.61. The van der Waals surface area contributed by atoms with Gasteiger partial charge in [0.2, 0.25) is 0 Å². The van der Waals surface area contributed by atoms with Gasteiger partial charge >= 0.3 is 6.03 Å². The number of amides is 2. The van der Waals surface area contributed by atoms with Gasteiger partial charge in [-0.05, 0) is 60.2 Å². The number of nitrogens with zero attached hydrogens (tertiary/aromatic N) is 2. The number of pyridine rings is 2. The van der Waals surface area contributed by atoms with Crippen LogP contribution in [0.2, 0.25) is 5.02 Å². The highest BCUT2D eigenvalue weighted by Gasteiger charge is 2.18. The third kappa shape index (κ3) is 4.62. The Labute approximate surface area is 219 Å².